The first-order chi connectivity index (χ1) is 15.3. The molecule has 0 aromatic heterocycles. The van der Waals surface area contributed by atoms with Gasteiger partial charge in [-0.2, -0.15) is 0 Å². The number of carbonyl (C=O) groups excluding carboxylic acids is 3. The molecule has 1 aliphatic rings. The zero-order valence-electron chi connectivity index (χ0n) is 18.5. The smallest absolute Gasteiger partial charge is 0.230 e. The maximum absolute atomic E-state index is 13.1. The number of phenols is 1. The summed E-state index contributed by atoms with van der Waals surface area (Å²) < 4.78 is 0. The van der Waals surface area contributed by atoms with Crippen molar-refractivity contribution in [1.82, 2.24) is 5.32 Å². The molecule has 0 spiro atoms. The van der Waals surface area contributed by atoms with Gasteiger partial charge in [-0.3, -0.25) is 14.4 Å². The fourth-order valence-electron chi connectivity index (χ4n) is 3.98. The summed E-state index contributed by atoms with van der Waals surface area (Å²) in [4.78, 5) is 38.5. The molecule has 6 nitrogen and oxygen atoms in total. The minimum atomic E-state index is -0.735. The normalized spacial score (nSPS) is 16.1. The number of anilines is 1. The van der Waals surface area contributed by atoms with Gasteiger partial charge in [-0.1, -0.05) is 50.5 Å². The Morgan fingerprint density at radius 3 is 2.34 bits per heavy atom. The molecule has 3 N–H and O–H groups in total. The molecule has 0 aliphatic heterocycles. The predicted octanol–water partition coefficient (Wildman–Crippen LogP) is 4.67. The molecule has 32 heavy (non-hydrogen) atoms. The SMILES string of the molecule is CC(=O)N[C@@H](Cc1ccc(O)cc1)C(=O)Sc1ccccc1NC(=O)C1(C)CCCCC1. The molecule has 1 fully saturated rings. The highest BCUT2D eigenvalue weighted by Gasteiger charge is 2.35. The Labute approximate surface area is 193 Å². The number of rotatable bonds is 7. The molecule has 0 radical (unpaired) electrons. The largest absolute Gasteiger partial charge is 0.508 e. The quantitative estimate of drug-likeness (QED) is 0.529. The van der Waals surface area contributed by atoms with Crippen molar-refractivity contribution in [3.63, 3.8) is 0 Å². The van der Waals surface area contributed by atoms with E-state index in [1.165, 1.54) is 6.92 Å². The third-order valence-corrected chi connectivity index (χ3v) is 6.95. The van der Waals surface area contributed by atoms with Crippen LogP contribution in [0.5, 0.6) is 5.75 Å². The van der Waals surface area contributed by atoms with Gasteiger partial charge in [-0.05, 0) is 54.4 Å². The average molecular weight is 455 g/mol. The molecule has 0 bridgehead atoms. The topological polar surface area (TPSA) is 95.5 Å². The van der Waals surface area contributed by atoms with Crippen molar-refractivity contribution in [1.29, 1.82) is 0 Å². The summed E-state index contributed by atoms with van der Waals surface area (Å²) in [5, 5.41) is 15.0. The van der Waals surface area contributed by atoms with Crippen LogP contribution >= 0.6 is 11.8 Å². The maximum atomic E-state index is 13.1. The van der Waals surface area contributed by atoms with Crippen LogP contribution in [0, 0.1) is 5.41 Å². The first-order valence-corrected chi connectivity index (χ1v) is 11.8. The fraction of sp³-hybridized carbons (Fsp3) is 0.400. The van der Waals surface area contributed by atoms with E-state index in [4.69, 9.17) is 0 Å². The number of hydrogen-bond acceptors (Lipinski definition) is 5. The number of benzene rings is 2. The van der Waals surface area contributed by atoms with Crippen molar-refractivity contribution in [3.8, 4) is 5.75 Å². The standard InChI is InChI=1S/C25H30N2O4S/c1-17(28)26-21(16-18-10-12-19(29)13-11-18)23(30)32-22-9-5-4-8-20(22)27-24(31)25(2)14-6-3-7-15-25/h4-5,8-13,21,29H,3,6-7,14-16H2,1-2H3,(H,26,28)(H,27,31)/t21-/m0/s1. The number of aromatic hydroxyl groups is 1. The van der Waals surface area contributed by atoms with Gasteiger partial charge in [0.1, 0.15) is 11.8 Å². The molecule has 2 aromatic rings. The van der Waals surface area contributed by atoms with E-state index >= 15 is 0 Å². The van der Waals surface area contributed by atoms with Crippen LogP contribution in [0.1, 0.15) is 51.5 Å². The lowest BCUT2D eigenvalue weighted by Gasteiger charge is -2.32. The van der Waals surface area contributed by atoms with Crippen LogP contribution < -0.4 is 10.6 Å². The molecular formula is C25H30N2O4S. The molecule has 2 amide bonds. The molecule has 170 valence electrons. The second kappa shape index (κ2) is 10.7. The van der Waals surface area contributed by atoms with Gasteiger partial charge in [-0.15, -0.1) is 0 Å². The van der Waals surface area contributed by atoms with E-state index in [1.54, 1.807) is 36.4 Å². The van der Waals surface area contributed by atoms with Gasteiger partial charge in [0, 0.05) is 23.7 Å². The Kier molecular flexibility index (Phi) is 7.96. The molecule has 1 aliphatic carbocycles. The van der Waals surface area contributed by atoms with Gasteiger partial charge in [0.05, 0.1) is 5.69 Å². The Morgan fingerprint density at radius 2 is 1.69 bits per heavy atom. The van der Waals surface area contributed by atoms with Crippen molar-refractivity contribution < 1.29 is 19.5 Å². The predicted molar refractivity (Wildman–Crippen MR) is 127 cm³/mol. The van der Waals surface area contributed by atoms with E-state index in [1.807, 2.05) is 19.1 Å². The van der Waals surface area contributed by atoms with E-state index < -0.39 is 11.5 Å². The van der Waals surface area contributed by atoms with Crippen LogP contribution in [0.2, 0.25) is 0 Å². The molecule has 0 saturated heterocycles. The Bertz CT molecular complexity index is 968. The fourth-order valence-corrected chi connectivity index (χ4v) is 4.85. The molecule has 3 rings (SSSR count). The minimum Gasteiger partial charge on any atom is -0.508 e. The van der Waals surface area contributed by atoms with Gasteiger partial charge in [0.25, 0.3) is 0 Å². The van der Waals surface area contributed by atoms with Crippen LogP contribution in [0.25, 0.3) is 0 Å². The van der Waals surface area contributed by atoms with Gasteiger partial charge >= 0.3 is 0 Å². The van der Waals surface area contributed by atoms with Gasteiger partial charge in [0.2, 0.25) is 16.9 Å². The number of phenolic OH excluding ortho intramolecular Hbond substituents is 1. The third kappa shape index (κ3) is 6.36. The van der Waals surface area contributed by atoms with Crippen LogP contribution in [0.15, 0.2) is 53.4 Å². The summed E-state index contributed by atoms with van der Waals surface area (Å²) in [5.41, 5.74) is 1.04. The van der Waals surface area contributed by atoms with Crippen molar-refractivity contribution in [2.45, 2.75) is 63.3 Å². The number of carbonyl (C=O) groups is 3. The number of thioether (sulfide) groups is 1. The first-order valence-electron chi connectivity index (χ1n) is 10.9. The Morgan fingerprint density at radius 1 is 1.03 bits per heavy atom. The van der Waals surface area contributed by atoms with Crippen molar-refractivity contribution in [3.05, 3.63) is 54.1 Å². The lowest BCUT2D eigenvalue weighted by molar-refractivity contribution is -0.126. The number of hydrogen-bond donors (Lipinski definition) is 3. The zero-order valence-corrected chi connectivity index (χ0v) is 19.3. The second-order valence-electron chi connectivity index (χ2n) is 8.62. The summed E-state index contributed by atoms with van der Waals surface area (Å²) >= 11 is 1.01. The van der Waals surface area contributed by atoms with E-state index in [0.717, 1.165) is 49.4 Å². The molecular weight excluding hydrogens is 424 g/mol. The maximum Gasteiger partial charge on any atom is 0.230 e. The summed E-state index contributed by atoms with van der Waals surface area (Å²) in [5.74, 6) is -0.170. The van der Waals surface area contributed by atoms with E-state index in [9.17, 15) is 19.5 Å². The molecule has 0 heterocycles. The van der Waals surface area contributed by atoms with E-state index in [0.29, 0.717) is 17.0 Å². The summed E-state index contributed by atoms with van der Waals surface area (Å²) in [7, 11) is 0. The van der Waals surface area contributed by atoms with Gasteiger partial charge in [0.15, 0.2) is 0 Å². The number of amides is 2. The molecule has 0 unspecified atom stereocenters. The molecule has 1 saturated carbocycles. The Balaban J connectivity index is 1.74. The lowest BCUT2D eigenvalue weighted by Crippen LogP contribution is -2.40. The van der Waals surface area contributed by atoms with E-state index in [2.05, 4.69) is 10.6 Å². The van der Waals surface area contributed by atoms with Crippen molar-refractivity contribution in [2.24, 2.45) is 5.41 Å². The highest BCUT2D eigenvalue weighted by molar-refractivity contribution is 8.14. The van der Waals surface area contributed by atoms with Crippen LogP contribution in [-0.4, -0.2) is 28.1 Å². The van der Waals surface area contributed by atoms with Crippen LogP contribution in [0.4, 0.5) is 5.69 Å². The second-order valence-corrected chi connectivity index (χ2v) is 9.66. The van der Waals surface area contributed by atoms with E-state index in [-0.39, 0.29) is 22.7 Å². The highest BCUT2D eigenvalue weighted by Crippen LogP contribution is 2.38. The van der Waals surface area contributed by atoms with Crippen LogP contribution in [0.3, 0.4) is 0 Å². The van der Waals surface area contributed by atoms with Gasteiger partial charge in [-0.25, -0.2) is 0 Å². The monoisotopic (exact) mass is 454 g/mol. The third-order valence-electron chi connectivity index (χ3n) is 5.89. The van der Waals surface area contributed by atoms with Crippen molar-refractivity contribution in [2.75, 3.05) is 5.32 Å². The van der Waals surface area contributed by atoms with Gasteiger partial charge < -0.3 is 15.7 Å². The Hall–Kier alpha value is -2.80. The highest BCUT2D eigenvalue weighted by atomic mass is 32.2. The first kappa shape index (κ1) is 23.9. The average Bonchev–Trinajstić information content (AvgIpc) is 2.76. The van der Waals surface area contributed by atoms with Crippen molar-refractivity contribution >= 4 is 34.4 Å². The molecule has 7 heteroatoms. The molecule has 1 atom stereocenters. The summed E-state index contributed by atoms with van der Waals surface area (Å²) in [6.45, 7) is 3.38. The number of para-hydroxylation sites is 1. The minimum absolute atomic E-state index is 0.0137. The summed E-state index contributed by atoms with van der Waals surface area (Å²) in [6.07, 6.45) is 5.30. The summed E-state index contributed by atoms with van der Waals surface area (Å²) in [6, 6.07) is 13.1. The van der Waals surface area contributed by atoms with Crippen LogP contribution in [-0.2, 0) is 20.8 Å². The number of nitrogens with one attached hydrogen (secondary N) is 2. The zero-order chi connectivity index (χ0) is 23.1. The lowest BCUT2D eigenvalue weighted by atomic mass is 9.75. The molecule has 2 aromatic carbocycles.